The molecule has 1 aliphatic rings. The number of nitrogens with one attached hydrogen (secondary N) is 1. The molecule has 2 N–H and O–H groups in total. The van der Waals surface area contributed by atoms with Crippen LogP contribution in [0.4, 0.5) is 4.79 Å². The van der Waals surface area contributed by atoms with Gasteiger partial charge in [0.1, 0.15) is 12.6 Å². The van der Waals surface area contributed by atoms with Gasteiger partial charge in [-0.2, -0.15) is 0 Å². The predicted octanol–water partition coefficient (Wildman–Crippen LogP) is 2.93. The molecule has 2 aromatic rings. The van der Waals surface area contributed by atoms with E-state index < -0.39 is 24.1 Å². The van der Waals surface area contributed by atoms with Crippen molar-refractivity contribution in [2.24, 2.45) is 0 Å². The van der Waals surface area contributed by atoms with Gasteiger partial charge in [-0.1, -0.05) is 48.5 Å². The van der Waals surface area contributed by atoms with Gasteiger partial charge in [0.2, 0.25) is 0 Å². The number of carboxylic acid groups (broad SMARTS) is 1. The van der Waals surface area contributed by atoms with Gasteiger partial charge in [0.15, 0.2) is 0 Å². The number of amides is 1. The van der Waals surface area contributed by atoms with Crippen molar-refractivity contribution in [1.82, 2.24) is 5.32 Å². The number of carbonyl (C=O) groups is 3. The molecular weight excluding hydrogens is 362 g/mol. The Morgan fingerprint density at radius 1 is 1.04 bits per heavy atom. The second-order valence-corrected chi connectivity index (χ2v) is 6.48. The van der Waals surface area contributed by atoms with Gasteiger partial charge in [0, 0.05) is 12.3 Å². The molecule has 0 aromatic heterocycles. The molecule has 0 radical (unpaired) electrons. The van der Waals surface area contributed by atoms with Crippen molar-refractivity contribution in [1.29, 1.82) is 0 Å². The molecular formula is C21H21NO6. The van der Waals surface area contributed by atoms with Crippen molar-refractivity contribution in [3.8, 4) is 11.1 Å². The minimum absolute atomic E-state index is 0.0772. The number of esters is 1. The Labute approximate surface area is 162 Å². The summed E-state index contributed by atoms with van der Waals surface area (Å²) in [7, 11) is 1.22. The summed E-state index contributed by atoms with van der Waals surface area (Å²) in [6.45, 7) is 0.0865. The number of fused-ring (bicyclic) bond motifs is 3. The highest BCUT2D eigenvalue weighted by Crippen LogP contribution is 2.44. The highest BCUT2D eigenvalue weighted by atomic mass is 16.5. The Morgan fingerprint density at radius 2 is 1.61 bits per heavy atom. The van der Waals surface area contributed by atoms with E-state index in [1.165, 1.54) is 7.11 Å². The Hall–Kier alpha value is -3.35. The molecule has 1 amide bonds. The van der Waals surface area contributed by atoms with Gasteiger partial charge >= 0.3 is 18.0 Å². The fourth-order valence-electron chi connectivity index (χ4n) is 3.40. The Balaban J connectivity index is 1.64. The first-order chi connectivity index (χ1) is 13.5. The zero-order valence-corrected chi connectivity index (χ0v) is 15.4. The van der Waals surface area contributed by atoms with Gasteiger partial charge in [-0.3, -0.25) is 4.79 Å². The first-order valence-electron chi connectivity index (χ1n) is 8.92. The molecule has 0 aliphatic heterocycles. The van der Waals surface area contributed by atoms with Crippen LogP contribution in [0.2, 0.25) is 0 Å². The SMILES string of the molecule is COC(=O)CC[C@@H](NC(=O)OCC1c2ccccc2-c2ccccc21)C(=O)O. The number of aliphatic carboxylic acids is 1. The summed E-state index contributed by atoms with van der Waals surface area (Å²) in [6, 6.07) is 14.6. The fraction of sp³-hybridized carbons (Fsp3) is 0.286. The quantitative estimate of drug-likeness (QED) is 0.713. The largest absolute Gasteiger partial charge is 0.480 e. The summed E-state index contributed by atoms with van der Waals surface area (Å²) in [6.07, 6.45) is -1.03. The highest BCUT2D eigenvalue weighted by molar-refractivity contribution is 5.81. The molecule has 7 nitrogen and oxygen atoms in total. The van der Waals surface area contributed by atoms with Crippen molar-refractivity contribution >= 4 is 18.0 Å². The van der Waals surface area contributed by atoms with Crippen LogP contribution >= 0.6 is 0 Å². The summed E-state index contributed by atoms with van der Waals surface area (Å²) in [5.74, 6) is -1.89. The molecule has 0 unspecified atom stereocenters. The van der Waals surface area contributed by atoms with Gasteiger partial charge in [-0.05, 0) is 28.7 Å². The van der Waals surface area contributed by atoms with Crippen LogP contribution in [-0.4, -0.2) is 42.9 Å². The zero-order chi connectivity index (χ0) is 20.1. The number of alkyl carbamates (subject to hydrolysis) is 1. The van der Waals surface area contributed by atoms with Gasteiger partial charge in [0.05, 0.1) is 7.11 Å². The maximum atomic E-state index is 12.1. The third kappa shape index (κ3) is 4.14. The van der Waals surface area contributed by atoms with Crippen molar-refractivity contribution in [2.45, 2.75) is 24.8 Å². The van der Waals surface area contributed by atoms with E-state index in [0.29, 0.717) is 0 Å². The minimum atomic E-state index is -1.24. The van der Waals surface area contributed by atoms with E-state index in [2.05, 4.69) is 10.1 Å². The summed E-state index contributed by atoms with van der Waals surface area (Å²) in [5.41, 5.74) is 4.34. The summed E-state index contributed by atoms with van der Waals surface area (Å²) in [5, 5.41) is 11.5. The summed E-state index contributed by atoms with van der Waals surface area (Å²) in [4.78, 5) is 34.6. The van der Waals surface area contributed by atoms with E-state index in [1.807, 2.05) is 48.5 Å². The van der Waals surface area contributed by atoms with Crippen molar-refractivity contribution < 1.29 is 29.0 Å². The molecule has 2 aromatic carbocycles. The number of carboxylic acids is 1. The lowest BCUT2D eigenvalue weighted by molar-refractivity contribution is -0.142. The molecule has 7 heteroatoms. The standard InChI is InChI=1S/C21H21NO6/c1-27-19(23)11-10-18(20(24)25)22-21(26)28-12-17-15-8-4-2-6-13(15)14-7-3-5-9-16(14)17/h2-9,17-18H,10-12H2,1H3,(H,22,26)(H,24,25)/t18-/m1/s1. The first kappa shape index (κ1) is 19.4. The number of rotatable bonds is 7. The van der Waals surface area contributed by atoms with Crippen LogP contribution in [0.1, 0.15) is 29.9 Å². The van der Waals surface area contributed by atoms with Crippen LogP contribution in [0.15, 0.2) is 48.5 Å². The van der Waals surface area contributed by atoms with Crippen LogP contribution in [0.3, 0.4) is 0 Å². The Bertz CT molecular complexity index is 848. The smallest absolute Gasteiger partial charge is 0.407 e. The molecule has 146 valence electrons. The van der Waals surface area contributed by atoms with E-state index >= 15 is 0 Å². The second-order valence-electron chi connectivity index (χ2n) is 6.48. The molecule has 1 atom stereocenters. The zero-order valence-electron chi connectivity index (χ0n) is 15.4. The average Bonchev–Trinajstić information content (AvgIpc) is 3.03. The number of methoxy groups -OCH3 is 1. The molecule has 0 spiro atoms. The Kier molecular flexibility index (Phi) is 5.93. The van der Waals surface area contributed by atoms with E-state index in [4.69, 9.17) is 4.74 Å². The van der Waals surface area contributed by atoms with E-state index in [9.17, 15) is 19.5 Å². The fourth-order valence-corrected chi connectivity index (χ4v) is 3.40. The first-order valence-corrected chi connectivity index (χ1v) is 8.92. The van der Waals surface area contributed by atoms with Gasteiger partial charge in [0.25, 0.3) is 0 Å². The van der Waals surface area contributed by atoms with Gasteiger partial charge in [-0.25, -0.2) is 9.59 Å². The topological polar surface area (TPSA) is 102 Å². The van der Waals surface area contributed by atoms with Crippen LogP contribution in [0.25, 0.3) is 11.1 Å². The van der Waals surface area contributed by atoms with Gasteiger partial charge in [-0.15, -0.1) is 0 Å². The van der Waals surface area contributed by atoms with Crippen molar-refractivity contribution in [3.63, 3.8) is 0 Å². The molecule has 3 rings (SSSR count). The lowest BCUT2D eigenvalue weighted by Crippen LogP contribution is -2.41. The molecule has 28 heavy (non-hydrogen) atoms. The maximum absolute atomic E-state index is 12.1. The van der Waals surface area contributed by atoms with Crippen molar-refractivity contribution in [3.05, 3.63) is 59.7 Å². The lowest BCUT2D eigenvalue weighted by Gasteiger charge is -2.17. The molecule has 0 saturated heterocycles. The van der Waals surface area contributed by atoms with Crippen LogP contribution in [0, 0.1) is 0 Å². The monoisotopic (exact) mass is 383 g/mol. The van der Waals surface area contributed by atoms with E-state index in [1.54, 1.807) is 0 Å². The predicted molar refractivity (Wildman–Crippen MR) is 101 cm³/mol. The van der Waals surface area contributed by atoms with E-state index in [-0.39, 0.29) is 25.4 Å². The van der Waals surface area contributed by atoms with Gasteiger partial charge < -0.3 is 19.9 Å². The normalized spacial score (nSPS) is 13.2. The number of hydrogen-bond donors (Lipinski definition) is 2. The molecule has 0 bridgehead atoms. The van der Waals surface area contributed by atoms with Crippen LogP contribution < -0.4 is 5.32 Å². The summed E-state index contributed by atoms with van der Waals surface area (Å²) < 4.78 is 9.81. The third-order valence-corrected chi connectivity index (χ3v) is 4.80. The minimum Gasteiger partial charge on any atom is -0.480 e. The van der Waals surface area contributed by atoms with Crippen LogP contribution in [-0.2, 0) is 19.1 Å². The number of carbonyl (C=O) groups excluding carboxylic acids is 2. The van der Waals surface area contributed by atoms with Crippen LogP contribution in [0.5, 0.6) is 0 Å². The third-order valence-electron chi connectivity index (χ3n) is 4.80. The molecule has 0 fully saturated rings. The van der Waals surface area contributed by atoms with E-state index in [0.717, 1.165) is 22.3 Å². The Morgan fingerprint density at radius 3 is 2.14 bits per heavy atom. The lowest BCUT2D eigenvalue weighted by atomic mass is 9.98. The number of ether oxygens (including phenoxy) is 2. The van der Waals surface area contributed by atoms with Crippen molar-refractivity contribution in [2.75, 3.05) is 13.7 Å². The maximum Gasteiger partial charge on any atom is 0.407 e. The summed E-state index contributed by atoms with van der Waals surface area (Å²) >= 11 is 0. The highest BCUT2D eigenvalue weighted by Gasteiger charge is 2.29. The second kappa shape index (κ2) is 8.56. The molecule has 0 heterocycles. The molecule has 0 saturated carbocycles. The number of benzene rings is 2. The average molecular weight is 383 g/mol. The molecule has 1 aliphatic carbocycles. The number of hydrogen-bond acceptors (Lipinski definition) is 5.